The van der Waals surface area contributed by atoms with E-state index in [1.165, 1.54) is 0 Å². The molecule has 1 aliphatic heterocycles. The number of ether oxygens (including phenoxy) is 2. The molecular formula is C25H23N3O3S. The Hall–Kier alpha value is -3.71. The molecule has 3 heterocycles. The summed E-state index contributed by atoms with van der Waals surface area (Å²) in [5, 5.41) is 5.10. The van der Waals surface area contributed by atoms with Gasteiger partial charge < -0.3 is 24.3 Å². The molecule has 1 atom stereocenters. The first-order valence-electron chi connectivity index (χ1n) is 10.3. The first-order chi connectivity index (χ1) is 15.7. The molecule has 0 spiro atoms. The standard InChI is InChI=1S/C25H23N3O3S/c1-30-18-11-12-22(31-2)19(15-18)26-25(29)28-16-17-7-3-4-8-20(17)27-13-5-9-21(27)24(28)23-10-6-14-32-23/h3-15,24H,16H2,1-2H3,(H,26,29). The molecule has 0 saturated heterocycles. The summed E-state index contributed by atoms with van der Waals surface area (Å²) in [5.41, 5.74) is 3.78. The Morgan fingerprint density at radius 1 is 1.03 bits per heavy atom. The van der Waals surface area contributed by atoms with Gasteiger partial charge in [0.2, 0.25) is 0 Å². The molecule has 162 valence electrons. The highest BCUT2D eigenvalue weighted by atomic mass is 32.1. The summed E-state index contributed by atoms with van der Waals surface area (Å²) in [6.07, 6.45) is 2.06. The van der Waals surface area contributed by atoms with E-state index in [0.717, 1.165) is 21.8 Å². The lowest BCUT2D eigenvalue weighted by Gasteiger charge is -2.30. The molecule has 0 radical (unpaired) electrons. The smallest absolute Gasteiger partial charge is 0.323 e. The summed E-state index contributed by atoms with van der Waals surface area (Å²) in [7, 11) is 3.18. The summed E-state index contributed by atoms with van der Waals surface area (Å²) in [5.74, 6) is 1.22. The molecule has 4 aromatic rings. The van der Waals surface area contributed by atoms with Crippen LogP contribution in [-0.4, -0.2) is 29.7 Å². The molecule has 0 aliphatic carbocycles. The van der Waals surface area contributed by atoms with Crippen LogP contribution >= 0.6 is 11.3 Å². The molecule has 1 N–H and O–H groups in total. The average Bonchev–Trinajstić information content (AvgIpc) is 3.50. The largest absolute Gasteiger partial charge is 0.497 e. The monoisotopic (exact) mass is 445 g/mol. The maximum Gasteiger partial charge on any atom is 0.323 e. The van der Waals surface area contributed by atoms with Crippen LogP contribution in [0.1, 0.15) is 22.2 Å². The van der Waals surface area contributed by atoms with E-state index in [9.17, 15) is 4.79 Å². The third kappa shape index (κ3) is 3.50. The van der Waals surface area contributed by atoms with Crippen LogP contribution in [0.15, 0.2) is 78.3 Å². The van der Waals surface area contributed by atoms with Crippen LogP contribution in [0, 0.1) is 0 Å². The van der Waals surface area contributed by atoms with Gasteiger partial charge in [0, 0.05) is 17.1 Å². The lowest BCUT2D eigenvalue weighted by atomic mass is 10.1. The number of fused-ring (bicyclic) bond motifs is 3. The molecule has 5 rings (SSSR count). The second-order valence-electron chi connectivity index (χ2n) is 7.47. The number of nitrogens with zero attached hydrogens (tertiary/aromatic N) is 2. The van der Waals surface area contributed by atoms with E-state index >= 15 is 0 Å². The third-order valence-corrected chi connectivity index (χ3v) is 6.61. The summed E-state index contributed by atoms with van der Waals surface area (Å²) in [6, 6.07) is 21.3. The molecule has 0 fully saturated rings. The number of hydrogen-bond acceptors (Lipinski definition) is 4. The second-order valence-corrected chi connectivity index (χ2v) is 8.45. The highest BCUT2D eigenvalue weighted by Gasteiger charge is 2.33. The number of rotatable bonds is 4. The Bertz CT molecular complexity index is 1250. The average molecular weight is 446 g/mol. The van der Waals surface area contributed by atoms with Crippen LogP contribution in [-0.2, 0) is 6.54 Å². The minimum Gasteiger partial charge on any atom is -0.497 e. The van der Waals surface area contributed by atoms with Crippen molar-refractivity contribution in [3.05, 3.63) is 94.4 Å². The predicted octanol–water partition coefficient (Wildman–Crippen LogP) is 5.69. The molecule has 0 bridgehead atoms. The number of carbonyl (C=O) groups is 1. The molecule has 6 nitrogen and oxygen atoms in total. The zero-order valence-electron chi connectivity index (χ0n) is 17.8. The van der Waals surface area contributed by atoms with Crippen molar-refractivity contribution >= 4 is 23.1 Å². The van der Waals surface area contributed by atoms with Crippen LogP contribution in [0.4, 0.5) is 10.5 Å². The molecular weight excluding hydrogens is 422 g/mol. The number of amides is 2. The third-order valence-electron chi connectivity index (χ3n) is 5.69. The van der Waals surface area contributed by atoms with Gasteiger partial charge in [0.25, 0.3) is 0 Å². The van der Waals surface area contributed by atoms with Crippen molar-refractivity contribution in [2.75, 3.05) is 19.5 Å². The fraction of sp³-hybridized carbons (Fsp3) is 0.160. The summed E-state index contributed by atoms with van der Waals surface area (Å²) < 4.78 is 13.0. The van der Waals surface area contributed by atoms with Gasteiger partial charge in [0.15, 0.2) is 0 Å². The van der Waals surface area contributed by atoms with Crippen molar-refractivity contribution in [2.24, 2.45) is 0 Å². The van der Waals surface area contributed by atoms with Crippen molar-refractivity contribution in [1.29, 1.82) is 0 Å². The Kier molecular flexibility index (Phi) is 5.33. The van der Waals surface area contributed by atoms with Crippen LogP contribution in [0.5, 0.6) is 11.5 Å². The molecule has 32 heavy (non-hydrogen) atoms. The highest BCUT2D eigenvalue weighted by Crippen LogP contribution is 2.39. The van der Waals surface area contributed by atoms with Gasteiger partial charge in [-0.3, -0.25) is 0 Å². The number of anilines is 1. The number of para-hydroxylation sites is 1. The number of nitrogens with one attached hydrogen (secondary N) is 1. The zero-order valence-corrected chi connectivity index (χ0v) is 18.6. The van der Waals surface area contributed by atoms with E-state index in [1.807, 2.05) is 34.5 Å². The van der Waals surface area contributed by atoms with Gasteiger partial charge in [-0.1, -0.05) is 24.3 Å². The molecule has 1 unspecified atom stereocenters. The van der Waals surface area contributed by atoms with E-state index in [1.54, 1.807) is 43.8 Å². The molecule has 1 aliphatic rings. The van der Waals surface area contributed by atoms with E-state index < -0.39 is 0 Å². The predicted molar refractivity (Wildman–Crippen MR) is 126 cm³/mol. The van der Waals surface area contributed by atoms with Gasteiger partial charge in [-0.2, -0.15) is 0 Å². The number of methoxy groups -OCH3 is 2. The van der Waals surface area contributed by atoms with Crippen LogP contribution in [0.3, 0.4) is 0 Å². The van der Waals surface area contributed by atoms with E-state index in [4.69, 9.17) is 9.47 Å². The quantitative estimate of drug-likeness (QED) is 0.439. The number of thiophene rings is 1. The molecule has 0 saturated carbocycles. The van der Waals surface area contributed by atoms with Crippen molar-refractivity contribution < 1.29 is 14.3 Å². The normalized spacial score (nSPS) is 14.8. The number of aromatic nitrogens is 1. The Balaban J connectivity index is 1.60. The maximum atomic E-state index is 13.7. The molecule has 2 aromatic carbocycles. The second kappa shape index (κ2) is 8.43. The summed E-state index contributed by atoms with van der Waals surface area (Å²) in [6.45, 7) is 0.471. The first-order valence-corrected chi connectivity index (χ1v) is 11.2. The number of carbonyl (C=O) groups excluding carboxylic acids is 1. The van der Waals surface area contributed by atoms with Gasteiger partial charge in [-0.15, -0.1) is 11.3 Å². The fourth-order valence-electron chi connectivity index (χ4n) is 4.18. The van der Waals surface area contributed by atoms with Gasteiger partial charge in [-0.25, -0.2) is 4.79 Å². The first kappa shape index (κ1) is 20.2. The van der Waals surface area contributed by atoms with Gasteiger partial charge >= 0.3 is 6.03 Å². The lowest BCUT2D eigenvalue weighted by Crippen LogP contribution is -2.37. The van der Waals surface area contributed by atoms with Crippen LogP contribution < -0.4 is 14.8 Å². The summed E-state index contributed by atoms with van der Waals surface area (Å²) in [4.78, 5) is 16.7. The van der Waals surface area contributed by atoms with Crippen molar-refractivity contribution in [3.8, 4) is 17.2 Å². The molecule has 2 aromatic heterocycles. The van der Waals surface area contributed by atoms with E-state index in [0.29, 0.717) is 23.7 Å². The SMILES string of the molecule is COc1ccc(OC)c(NC(=O)N2Cc3ccccc3-n3cccc3C2c2cccs2)c1. The number of hydrogen-bond donors (Lipinski definition) is 1. The van der Waals surface area contributed by atoms with Crippen molar-refractivity contribution in [2.45, 2.75) is 12.6 Å². The van der Waals surface area contributed by atoms with Gasteiger partial charge in [0.1, 0.15) is 17.5 Å². The van der Waals surface area contributed by atoms with Gasteiger partial charge in [-0.05, 0) is 47.3 Å². The molecule has 2 amide bonds. The van der Waals surface area contributed by atoms with E-state index in [2.05, 4.69) is 40.3 Å². The maximum absolute atomic E-state index is 13.7. The lowest BCUT2D eigenvalue weighted by molar-refractivity contribution is 0.195. The van der Waals surface area contributed by atoms with Gasteiger partial charge in [0.05, 0.1) is 37.8 Å². The minimum absolute atomic E-state index is 0.209. The van der Waals surface area contributed by atoms with Crippen LogP contribution in [0.25, 0.3) is 5.69 Å². The Labute approximate surface area is 190 Å². The minimum atomic E-state index is -0.228. The van der Waals surface area contributed by atoms with Crippen molar-refractivity contribution in [1.82, 2.24) is 9.47 Å². The topological polar surface area (TPSA) is 55.7 Å². The summed E-state index contributed by atoms with van der Waals surface area (Å²) >= 11 is 1.65. The van der Waals surface area contributed by atoms with E-state index in [-0.39, 0.29) is 12.1 Å². The number of benzene rings is 2. The number of urea groups is 1. The molecule has 7 heteroatoms. The Morgan fingerprint density at radius 3 is 2.69 bits per heavy atom. The van der Waals surface area contributed by atoms with Crippen molar-refractivity contribution in [3.63, 3.8) is 0 Å². The highest BCUT2D eigenvalue weighted by molar-refractivity contribution is 7.10. The van der Waals surface area contributed by atoms with Crippen LogP contribution in [0.2, 0.25) is 0 Å². The zero-order chi connectivity index (χ0) is 22.1. The fourth-order valence-corrected chi connectivity index (χ4v) is 5.03. The Morgan fingerprint density at radius 2 is 1.91 bits per heavy atom.